The van der Waals surface area contributed by atoms with Gasteiger partial charge in [-0.1, -0.05) is 46.8 Å². The van der Waals surface area contributed by atoms with Crippen molar-refractivity contribution in [2.75, 3.05) is 11.9 Å². The van der Waals surface area contributed by atoms with E-state index in [9.17, 15) is 0 Å². The Labute approximate surface area is 131 Å². The van der Waals surface area contributed by atoms with Crippen LogP contribution in [0.3, 0.4) is 0 Å². The highest BCUT2D eigenvalue weighted by atomic mass is 35.5. The van der Waals surface area contributed by atoms with Crippen molar-refractivity contribution >= 4 is 46.5 Å². The van der Waals surface area contributed by atoms with Crippen LogP contribution in [0.15, 0.2) is 16.5 Å². The molecule has 0 radical (unpaired) electrons. The van der Waals surface area contributed by atoms with E-state index in [1.165, 1.54) is 0 Å². The van der Waals surface area contributed by atoms with Gasteiger partial charge in [0.05, 0.1) is 21.8 Å². The molecule has 2 aromatic rings. The molecule has 0 spiro atoms. The minimum atomic E-state index is -0.0285. The fraction of sp³-hybridized carbons (Fsp3) is 0.333. The van der Waals surface area contributed by atoms with E-state index in [1.807, 2.05) is 13.8 Å². The maximum absolute atomic E-state index is 6.07. The summed E-state index contributed by atoms with van der Waals surface area (Å²) in [6.07, 6.45) is 0. The van der Waals surface area contributed by atoms with Crippen LogP contribution in [0.4, 0.5) is 11.7 Å². The first kappa shape index (κ1) is 15.4. The predicted molar refractivity (Wildman–Crippen MR) is 81.1 cm³/mol. The summed E-state index contributed by atoms with van der Waals surface area (Å²) in [5.41, 5.74) is 0.476. The first-order chi connectivity index (χ1) is 9.51. The van der Waals surface area contributed by atoms with Crippen LogP contribution in [0.1, 0.15) is 25.8 Å². The highest BCUT2D eigenvalue weighted by molar-refractivity contribution is 6.41. The van der Waals surface area contributed by atoms with Gasteiger partial charge in [0.25, 0.3) is 0 Å². The molecule has 108 valence electrons. The molecule has 1 aromatic heterocycles. The Hall–Kier alpha value is -1.01. The van der Waals surface area contributed by atoms with Gasteiger partial charge < -0.3 is 15.1 Å². The van der Waals surface area contributed by atoms with Crippen molar-refractivity contribution in [1.29, 1.82) is 0 Å². The summed E-state index contributed by atoms with van der Waals surface area (Å²) >= 11 is 18.0. The largest absolute Gasteiger partial charge is 0.406 e. The maximum atomic E-state index is 6.07. The summed E-state index contributed by atoms with van der Waals surface area (Å²) < 4.78 is 5.50. The van der Waals surface area contributed by atoms with Crippen molar-refractivity contribution in [2.24, 2.45) is 0 Å². The first-order valence-electron chi connectivity index (χ1n) is 5.99. The van der Waals surface area contributed by atoms with Gasteiger partial charge in [-0.2, -0.15) is 0 Å². The number of benzene rings is 1. The van der Waals surface area contributed by atoms with E-state index < -0.39 is 0 Å². The average Bonchev–Trinajstić information content (AvgIpc) is 2.82. The molecule has 0 aliphatic rings. The zero-order valence-corrected chi connectivity index (χ0v) is 13.1. The van der Waals surface area contributed by atoms with Gasteiger partial charge in [0.1, 0.15) is 0 Å². The third-order valence-electron chi connectivity index (χ3n) is 2.56. The fourth-order valence-corrected chi connectivity index (χ4v) is 2.53. The van der Waals surface area contributed by atoms with E-state index in [4.69, 9.17) is 39.2 Å². The van der Waals surface area contributed by atoms with Gasteiger partial charge in [0.2, 0.25) is 5.89 Å². The molecule has 2 N–H and O–H groups in total. The van der Waals surface area contributed by atoms with Crippen molar-refractivity contribution in [2.45, 2.75) is 19.9 Å². The lowest BCUT2D eigenvalue weighted by atomic mass is 10.3. The highest BCUT2D eigenvalue weighted by Crippen LogP contribution is 2.35. The molecule has 20 heavy (non-hydrogen) atoms. The van der Waals surface area contributed by atoms with Crippen molar-refractivity contribution in [3.8, 4) is 0 Å². The Kier molecular flexibility index (Phi) is 5.10. The Bertz CT molecular complexity index is 579. The number of halogens is 3. The molecule has 0 aliphatic heterocycles. The van der Waals surface area contributed by atoms with Crippen LogP contribution in [0.2, 0.25) is 15.1 Å². The summed E-state index contributed by atoms with van der Waals surface area (Å²) in [5, 5.41) is 15.1. The fourth-order valence-electron chi connectivity index (χ4n) is 1.62. The van der Waals surface area contributed by atoms with E-state index in [1.54, 1.807) is 12.1 Å². The number of nitrogens with one attached hydrogen (secondary N) is 2. The standard InChI is InChI=1S/C12H13Cl3N4O/c1-3-16-6(2)11-18-19-12(20-11)17-10-8(14)4-7(13)5-9(10)15/h4-6,16H,3H2,1-2H3,(H,17,19). The van der Waals surface area contributed by atoms with Gasteiger partial charge >= 0.3 is 6.01 Å². The van der Waals surface area contributed by atoms with E-state index >= 15 is 0 Å². The van der Waals surface area contributed by atoms with Gasteiger partial charge in [0.15, 0.2) is 0 Å². The van der Waals surface area contributed by atoms with Crippen molar-refractivity contribution in [1.82, 2.24) is 15.5 Å². The van der Waals surface area contributed by atoms with E-state index in [0.717, 1.165) is 6.54 Å². The Balaban J connectivity index is 2.19. The number of rotatable bonds is 5. The Morgan fingerprint density at radius 3 is 2.45 bits per heavy atom. The van der Waals surface area contributed by atoms with Gasteiger partial charge in [0, 0.05) is 5.02 Å². The number of anilines is 2. The van der Waals surface area contributed by atoms with Crippen LogP contribution in [0.25, 0.3) is 0 Å². The molecular formula is C12H13Cl3N4O. The van der Waals surface area contributed by atoms with E-state index in [0.29, 0.717) is 26.6 Å². The molecule has 0 saturated heterocycles. The molecule has 1 atom stereocenters. The van der Waals surface area contributed by atoms with Gasteiger partial charge in [-0.3, -0.25) is 0 Å². The molecule has 0 bridgehead atoms. The number of nitrogens with zero attached hydrogens (tertiary/aromatic N) is 2. The quantitative estimate of drug-likeness (QED) is 0.845. The van der Waals surface area contributed by atoms with E-state index in [-0.39, 0.29) is 12.1 Å². The molecule has 1 aromatic carbocycles. The van der Waals surface area contributed by atoms with Crippen LogP contribution < -0.4 is 10.6 Å². The predicted octanol–water partition coefficient (Wildman–Crippen LogP) is 4.44. The molecule has 1 heterocycles. The van der Waals surface area contributed by atoms with Crippen LogP contribution in [0.5, 0.6) is 0 Å². The molecule has 0 saturated carbocycles. The summed E-state index contributed by atoms with van der Waals surface area (Å²) in [6.45, 7) is 4.74. The number of aromatic nitrogens is 2. The van der Waals surface area contributed by atoms with Crippen molar-refractivity contribution in [3.05, 3.63) is 33.1 Å². The van der Waals surface area contributed by atoms with Crippen LogP contribution in [0, 0.1) is 0 Å². The van der Waals surface area contributed by atoms with Gasteiger partial charge in [-0.15, -0.1) is 5.10 Å². The topological polar surface area (TPSA) is 63.0 Å². The molecule has 1 unspecified atom stereocenters. The summed E-state index contributed by atoms with van der Waals surface area (Å²) in [7, 11) is 0. The molecular weight excluding hydrogens is 323 g/mol. The molecule has 8 heteroatoms. The average molecular weight is 336 g/mol. The minimum absolute atomic E-state index is 0.0285. The van der Waals surface area contributed by atoms with Crippen LogP contribution >= 0.6 is 34.8 Å². The molecule has 0 amide bonds. The van der Waals surface area contributed by atoms with E-state index in [2.05, 4.69) is 20.8 Å². The summed E-state index contributed by atoms with van der Waals surface area (Å²) in [5.74, 6) is 0.482. The third kappa shape index (κ3) is 3.55. The third-order valence-corrected chi connectivity index (χ3v) is 3.37. The Morgan fingerprint density at radius 2 is 1.85 bits per heavy atom. The lowest BCUT2D eigenvalue weighted by Crippen LogP contribution is -2.17. The van der Waals surface area contributed by atoms with Crippen LogP contribution in [-0.4, -0.2) is 16.7 Å². The molecule has 2 rings (SSSR count). The normalized spacial score (nSPS) is 12.4. The second kappa shape index (κ2) is 6.63. The van der Waals surface area contributed by atoms with Crippen LogP contribution in [-0.2, 0) is 0 Å². The number of hydrogen-bond donors (Lipinski definition) is 2. The van der Waals surface area contributed by atoms with Gasteiger partial charge in [-0.25, -0.2) is 0 Å². The van der Waals surface area contributed by atoms with Gasteiger partial charge in [-0.05, 0) is 25.6 Å². The highest BCUT2D eigenvalue weighted by Gasteiger charge is 2.15. The van der Waals surface area contributed by atoms with Crippen molar-refractivity contribution in [3.63, 3.8) is 0 Å². The maximum Gasteiger partial charge on any atom is 0.320 e. The molecule has 0 aliphatic carbocycles. The lowest BCUT2D eigenvalue weighted by Gasteiger charge is -2.08. The molecule has 0 fully saturated rings. The Morgan fingerprint density at radius 1 is 1.20 bits per heavy atom. The first-order valence-corrected chi connectivity index (χ1v) is 7.13. The summed E-state index contributed by atoms with van der Waals surface area (Å²) in [4.78, 5) is 0. The summed E-state index contributed by atoms with van der Waals surface area (Å²) in [6, 6.07) is 3.35. The monoisotopic (exact) mass is 334 g/mol. The lowest BCUT2D eigenvalue weighted by molar-refractivity contribution is 0.430. The number of hydrogen-bond acceptors (Lipinski definition) is 5. The van der Waals surface area contributed by atoms with Crippen molar-refractivity contribution < 1.29 is 4.42 Å². The zero-order chi connectivity index (χ0) is 14.7. The smallest absolute Gasteiger partial charge is 0.320 e. The zero-order valence-electron chi connectivity index (χ0n) is 10.9. The minimum Gasteiger partial charge on any atom is -0.406 e. The second-order valence-corrected chi connectivity index (χ2v) is 5.35. The molecule has 5 nitrogen and oxygen atoms in total. The SMILES string of the molecule is CCNC(C)c1nnc(Nc2c(Cl)cc(Cl)cc2Cl)o1. The second-order valence-electron chi connectivity index (χ2n) is 4.09.